The first-order chi connectivity index (χ1) is 15.4. The van der Waals surface area contributed by atoms with Crippen LogP contribution in [-0.4, -0.2) is 29.3 Å². The second-order valence-corrected chi connectivity index (χ2v) is 8.62. The number of halogens is 1. The molecule has 2 N–H and O–H groups in total. The smallest absolute Gasteiger partial charge is 0.325 e. The maximum absolute atomic E-state index is 13.6. The fraction of sp³-hybridized carbons (Fsp3) is 0.160. The monoisotopic (exact) mass is 491 g/mol. The zero-order chi connectivity index (χ0) is 22.7. The molecule has 162 valence electrons. The number of aryl methyl sites for hydroxylation is 1. The highest BCUT2D eigenvalue weighted by atomic mass is 79.9. The Morgan fingerprint density at radius 2 is 1.66 bits per heavy atom. The summed E-state index contributed by atoms with van der Waals surface area (Å²) in [5, 5.41) is 5.63. The van der Waals surface area contributed by atoms with Crippen LogP contribution >= 0.6 is 15.9 Å². The Kier molecular flexibility index (Phi) is 6.10. The molecule has 0 aliphatic carbocycles. The number of nitrogens with one attached hydrogen (secondary N) is 2. The number of nitrogens with zero attached hydrogens (tertiary/aromatic N) is 1. The van der Waals surface area contributed by atoms with Crippen LogP contribution < -0.4 is 10.6 Å². The van der Waals surface area contributed by atoms with Crippen molar-refractivity contribution in [3.05, 3.63) is 100 Å². The topological polar surface area (TPSA) is 78.5 Å². The molecule has 6 nitrogen and oxygen atoms in total. The Labute approximate surface area is 194 Å². The van der Waals surface area contributed by atoms with Crippen LogP contribution in [0, 0.1) is 6.92 Å². The van der Waals surface area contributed by atoms with Crippen LogP contribution in [0.25, 0.3) is 0 Å². The number of urea groups is 1. The molecular formula is C25H22BrN3O3. The Morgan fingerprint density at radius 3 is 2.31 bits per heavy atom. The Balaban J connectivity index is 1.59. The van der Waals surface area contributed by atoms with Crippen molar-refractivity contribution >= 4 is 39.5 Å². The van der Waals surface area contributed by atoms with Crippen molar-refractivity contribution < 1.29 is 14.4 Å². The minimum absolute atomic E-state index is 0.284. The number of anilines is 1. The maximum atomic E-state index is 13.6. The van der Waals surface area contributed by atoms with Crippen LogP contribution in [0.5, 0.6) is 0 Å². The number of carbonyl (C=O) groups is 3. The van der Waals surface area contributed by atoms with E-state index in [0.29, 0.717) is 11.3 Å². The van der Waals surface area contributed by atoms with Crippen molar-refractivity contribution in [3.63, 3.8) is 0 Å². The van der Waals surface area contributed by atoms with E-state index in [-0.39, 0.29) is 13.0 Å². The first-order valence-corrected chi connectivity index (χ1v) is 11.0. The number of benzene rings is 3. The van der Waals surface area contributed by atoms with E-state index >= 15 is 0 Å². The van der Waals surface area contributed by atoms with Gasteiger partial charge in [0.25, 0.3) is 5.91 Å². The van der Waals surface area contributed by atoms with E-state index in [1.807, 2.05) is 79.7 Å². The lowest BCUT2D eigenvalue weighted by Crippen LogP contribution is -2.46. The molecule has 3 aromatic rings. The van der Waals surface area contributed by atoms with Gasteiger partial charge >= 0.3 is 6.03 Å². The first kappa shape index (κ1) is 21.8. The lowest BCUT2D eigenvalue weighted by molar-refractivity contribution is -0.134. The Morgan fingerprint density at radius 1 is 1.00 bits per heavy atom. The third kappa shape index (κ3) is 4.29. The number of carbonyl (C=O) groups excluding carboxylic acids is 3. The maximum Gasteiger partial charge on any atom is 0.325 e. The van der Waals surface area contributed by atoms with Crippen LogP contribution in [0.1, 0.15) is 16.7 Å². The van der Waals surface area contributed by atoms with Crippen LogP contribution in [0.15, 0.2) is 83.3 Å². The summed E-state index contributed by atoms with van der Waals surface area (Å²) in [7, 11) is 0. The van der Waals surface area contributed by atoms with Gasteiger partial charge in [-0.05, 0) is 41.8 Å². The van der Waals surface area contributed by atoms with Gasteiger partial charge in [-0.15, -0.1) is 0 Å². The van der Waals surface area contributed by atoms with E-state index < -0.39 is 23.4 Å². The summed E-state index contributed by atoms with van der Waals surface area (Å²) in [5.41, 5.74) is 1.87. The molecule has 0 spiro atoms. The molecule has 7 heteroatoms. The van der Waals surface area contributed by atoms with Crippen molar-refractivity contribution in [2.24, 2.45) is 0 Å². The second kappa shape index (κ2) is 8.96. The minimum atomic E-state index is -1.27. The summed E-state index contributed by atoms with van der Waals surface area (Å²) in [6.45, 7) is 1.54. The van der Waals surface area contributed by atoms with E-state index in [2.05, 4.69) is 26.6 Å². The van der Waals surface area contributed by atoms with E-state index in [0.717, 1.165) is 20.5 Å². The summed E-state index contributed by atoms with van der Waals surface area (Å²) in [6.07, 6.45) is 0.284. The highest BCUT2D eigenvalue weighted by Gasteiger charge is 2.52. The van der Waals surface area contributed by atoms with Crippen molar-refractivity contribution in [1.29, 1.82) is 0 Å². The minimum Gasteiger partial charge on any atom is -0.325 e. The lowest BCUT2D eigenvalue weighted by atomic mass is 9.83. The molecule has 0 radical (unpaired) electrons. The third-order valence-electron chi connectivity index (χ3n) is 5.50. The number of imide groups is 1. The van der Waals surface area contributed by atoms with E-state index in [9.17, 15) is 14.4 Å². The summed E-state index contributed by atoms with van der Waals surface area (Å²) in [6, 6.07) is 23.5. The number of hydrogen-bond donors (Lipinski definition) is 2. The molecule has 1 fully saturated rings. The van der Waals surface area contributed by atoms with Gasteiger partial charge in [0.15, 0.2) is 5.54 Å². The standard InChI is InChI=1S/C25H22BrN3O3/c1-17-14-20(12-13-21(17)26)27-22(30)16-29-23(31)25(28-24(29)32,19-10-6-3-7-11-19)15-18-8-4-2-5-9-18/h2-14H,15-16H2,1H3,(H,27,30)(H,28,32). The quantitative estimate of drug-likeness (QED) is 0.502. The van der Waals surface area contributed by atoms with Crippen molar-refractivity contribution in [1.82, 2.24) is 10.2 Å². The zero-order valence-corrected chi connectivity index (χ0v) is 19.1. The summed E-state index contributed by atoms with van der Waals surface area (Å²) < 4.78 is 0.929. The van der Waals surface area contributed by atoms with Gasteiger partial charge in [0.05, 0.1) is 0 Å². The molecule has 1 heterocycles. The molecule has 4 amide bonds. The van der Waals surface area contributed by atoms with Gasteiger partial charge in [-0.25, -0.2) is 4.79 Å². The molecule has 3 aromatic carbocycles. The first-order valence-electron chi connectivity index (χ1n) is 10.2. The lowest BCUT2D eigenvalue weighted by Gasteiger charge is -2.27. The van der Waals surface area contributed by atoms with E-state index in [1.54, 1.807) is 6.07 Å². The molecule has 1 unspecified atom stereocenters. The average molecular weight is 492 g/mol. The SMILES string of the molecule is Cc1cc(NC(=O)CN2C(=O)NC(Cc3ccccc3)(c3ccccc3)C2=O)ccc1Br. The van der Waals surface area contributed by atoms with Gasteiger partial charge in [-0.3, -0.25) is 14.5 Å². The van der Waals surface area contributed by atoms with Crippen LogP contribution in [0.4, 0.5) is 10.5 Å². The molecule has 0 aromatic heterocycles. The van der Waals surface area contributed by atoms with Gasteiger partial charge in [-0.1, -0.05) is 76.6 Å². The molecule has 1 aliphatic heterocycles. The summed E-state index contributed by atoms with van der Waals surface area (Å²) in [4.78, 5) is 40.1. The van der Waals surface area contributed by atoms with Crippen LogP contribution in [0.2, 0.25) is 0 Å². The zero-order valence-electron chi connectivity index (χ0n) is 17.5. The fourth-order valence-electron chi connectivity index (χ4n) is 3.88. The summed E-state index contributed by atoms with van der Waals surface area (Å²) in [5.74, 6) is -0.890. The molecule has 1 atom stereocenters. The largest absolute Gasteiger partial charge is 0.325 e. The van der Waals surface area contributed by atoms with E-state index in [4.69, 9.17) is 0 Å². The second-order valence-electron chi connectivity index (χ2n) is 7.77. The van der Waals surface area contributed by atoms with Crippen LogP contribution in [0.3, 0.4) is 0 Å². The molecular weight excluding hydrogens is 470 g/mol. The third-order valence-corrected chi connectivity index (χ3v) is 6.39. The average Bonchev–Trinajstić information content (AvgIpc) is 3.02. The van der Waals surface area contributed by atoms with Gasteiger partial charge in [-0.2, -0.15) is 0 Å². The van der Waals surface area contributed by atoms with Gasteiger partial charge in [0, 0.05) is 16.6 Å². The van der Waals surface area contributed by atoms with Crippen molar-refractivity contribution in [3.8, 4) is 0 Å². The fourth-order valence-corrected chi connectivity index (χ4v) is 4.13. The normalized spacial score (nSPS) is 17.9. The molecule has 4 rings (SSSR count). The Hall–Kier alpha value is -3.45. The van der Waals surface area contributed by atoms with Crippen molar-refractivity contribution in [2.45, 2.75) is 18.9 Å². The molecule has 0 bridgehead atoms. The van der Waals surface area contributed by atoms with Gasteiger partial charge in [0.2, 0.25) is 5.91 Å². The highest BCUT2D eigenvalue weighted by Crippen LogP contribution is 2.33. The Bertz CT molecular complexity index is 1170. The van der Waals surface area contributed by atoms with Gasteiger partial charge < -0.3 is 10.6 Å². The predicted molar refractivity (Wildman–Crippen MR) is 126 cm³/mol. The molecule has 0 saturated carbocycles. The van der Waals surface area contributed by atoms with E-state index in [1.165, 1.54) is 0 Å². The molecule has 32 heavy (non-hydrogen) atoms. The number of amides is 4. The number of rotatable bonds is 6. The van der Waals surface area contributed by atoms with Crippen LogP contribution in [-0.2, 0) is 21.5 Å². The predicted octanol–water partition coefficient (Wildman–Crippen LogP) is 4.39. The van der Waals surface area contributed by atoms with Gasteiger partial charge in [0.1, 0.15) is 6.54 Å². The summed E-state index contributed by atoms with van der Waals surface area (Å²) >= 11 is 3.43. The highest BCUT2D eigenvalue weighted by molar-refractivity contribution is 9.10. The van der Waals surface area contributed by atoms with Crippen molar-refractivity contribution in [2.75, 3.05) is 11.9 Å². The molecule has 1 saturated heterocycles. The number of hydrogen-bond acceptors (Lipinski definition) is 3. The molecule has 1 aliphatic rings.